The van der Waals surface area contributed by atoms with Gasteiger partial charge >= 0.3 is 0 Å². The van der Waals surface area contributed by atoms with E-state index in [2.05, 4.69) is 15.6 Å². The number of fused-ring (bicyclic) bond motifs is 1. The summed E-state index contributed by atoms with van der Waals surface area (Å²) in [7, 11) is 0. The summed E-state index contributed by atoms with van der Waals surface area (Å²) >= 11 is 0. The lowest BCUT2D eigenvalue weighted by Gasteiger charge is -2.19. The van der Waals surface area contributed by atoms with Crippen LogP contribution in [0, 0.1) is 5.82 Å². The quantitative estimate of drug-likeness (QED) is 0.910. The summed E-state index contributed by atoms with van der Waals surface area (Å²) in [6, 6.07) is 6.78. The number of hydrogen-bond acceptors (Lipinski definition) is 4. The number of rotatable bonds is 4. The number of amides is 1. The minimum absolute atomic E-state index is 0.146. The van der Waals surface area contributed by atoms with E-state index in [1.807, 2.05) is 13.0 Å². The fraction of sp³-hybridized carbons (Fsp3) is 0.294. The van der Waals surface area contributed by atoms with Crippen LogP contribution in [0.5, 0.6) is 5.75 Å². The fourth-order valence-corrected chi connectivity index (χ4v) is 2.64. The Balaban J connectivity index is 1.86. The van der Waals surface area contributed by atoms with Crippen LogP contribution >= 0.6 is 0 Å². The highest BCUT2D eigenvalue weighted by Gasteiger charge is 2.20. The topological polar surface area (TPSA) is 63.2 Å². The maximum absolute atomic E-state index is 14.6. The number of carbonyl (C=O) groups is 1. The SMILES string of the molecule is CCOc1cccnc1C(=O)Nc1ccc2c(c1F)CCNC2. The summed E-state index contributed by atoms with van der Waals surface area (Å²) in [5.41, 5.74) is 1.91. The maximum Gasteiger partial charge on any atom is 0.278 e. The van der Waals surface area contributed by atoms with Crippen LogP contribution in [0.4, 0.5) is 10.1 Å². The van der Waals surface area contributed by atoms with Gasteiger partial charge in [0, 0.05) is 12.7 Å². The van der Waals surface area contributed by atoms with Gasteiger partial charge in [-0.25, -0.2) is 9.37 Å². The maximum atomic E-state index is 14.6. The summed E-state index contributed by atoms with van der Waals surface area (Å²) in [5, 5.41) is 5.79. The molecule has 1 amide bonds. The summed E-state index contributed by atoms with van der Waals surface area (Å²) in [6.07, 6.45) is 2.12. The lowest BCUT2D eigenvalue weighted by atomic mass is 9.99. The molecular weight excluding hydrogens is 297 g/mol. The Kier molecular flexibility index (Phi) is 4.52. The molecule has 0 unspecified atom stereocenters. The molecule has 0 saturated heterocycles. The fourth-order valence-electron chi connectivity index (χ4n) is 2.64. The zero-order chi connectivity index (χ0) is 16.2. The zero-order valence-electron chi connectivity index (χ0n) is 12.9. The van der Waals surface area contributed by atoms with Gasteiger partial charge < -0.3 is 15.4 Å². The Bertz CT molecular complexity index is 734. The summed E-state index contributed by atoms with van der Waals surface area (Å²) < 4.78 is 20.0. The molecule has 23 heavy (non-hydrogen) atoms. The third kappa shape index (κ3) is 3.17. The molecule has 2 heterocycles. The lowest BCUT2D eigenvalue weighted by Crippen LogP contribution is -2.25. The highest BCUT2D eigenvalue weighted by Crippen LogP contribution is 2.25. The van der Waals surface area contributed by atoms with Crippen LogP contribution in [-0.4, -0.2) is 24.0 Å². The van der Waals surface area contributed by atoms with Crippen molar-refractivity contribution in [2.45, 2.75) is 19.9 Å². The molecule has 1 aromatic heterocycles. The monoisotopic (exact) mass is 315 g/mol. The van der Waals surface area contributed by atoms with Gasteiger partial charge in [0.2, 0.25) is 0 Å². The van der Waals surface area contributed by atoms with Gasteiger partial charge in [0.05, 0.1) is 12.3 Å². The van der Waals surface area contributed by atoms with Crippen molar-refractivity contribution in [2.75, 3.05) is 18.5 Å². The third-order valence-electron chi connectivity index (χ3n) is 3.74. The first-order valence-corrected chi connectivity index (χ1v) is 7.61. The van der Waals surface area contributed by atoms with E-state index in [0.717, 1.165) is 12.1 Å². The Morgan fingerprint density at radius 1 is 1.43 bits per heavy atom. The molecule has 2 aromatic rings. The number of carbonyl (C=O) groups excluding carboxylic acids is 1. The summed E-state index contributed by atoms with van der Waals surface area (Å²) in [5.74, 6) is -0.469. The van der Waals surface area contributed by atoms with E-state index in [-0.39, 0.29) is 17.2 Å². The minimum Gasteiger partial charge on any atom is -0.491 e. The number of pyridine rings is 1. The first kappa shape index (κ1) is 15.4. The van der Waals surface area contributed by atoms with E-state index in [9.17, 15) is 9.18 Å². The van der Waals surface area contributed by atoms with Crippen LogP contribution in [0.3, 0.4) is 0 Å². The first-order chi connectivity index (χ1) is 11.2. The molecule has 0 fully saturated rings. The van der Waals surface area contributed by atoms with Crippen molar-refractivity contribution >= 4 is 11.6 Å². The van der Waals surface area contributed by atoms with Crippen molar-refractivity contribution in [1.82, 2.24) is 10.3 Å². The predicted octanol–water partition coefficient (Wildman–Crippen LogP) is 2.52. The Hall–Kier alpha value is -2.47. The molecule has 1 aliphatic heterocycles. The van der Waals surface area contributed by atoms with Gasteiger partial charge in [0.15, 0.2) is 11.4 Å². The molecule has 0 radical (unpaired) electrons. The van der Waals surface area contributed by atoms with Crippen LogP contribution in [-0.2, 0) is 13.0 Å². The van der Waals surface area contributed by atoms with Crippen molar-refractivity contribution in [3.8, 4) is 5.75 Å². The largest absolute Gasteiger partial charge is 0.491 e. The van der Waals surface area contributed by atoms with Crippen LogP contribution in [0.1, 0.15) is 28.5 Å². The standard InChI is InChI=1S/C17H18FN3O2/c1-2-23-14-4-3-8-20-16(14)17(22)21-13-6-5-11-10-19-9-7-12(11)15(13)18/h3-6,8,19H,2,7,9-10H2,1H3,(H,21,22). The average molecular weight is 315 g/mol. The molecule has 0 bridgehead atoms. The zero-order valence-corrected chi connectivity index (χ0v) is 12.9. The first-order valence-electron chi connectivity index (χ1n) is 7.61. The number of nitrogens with one attached hydrogen (secondary N) is 2. The van der Waals surface area contributed by atoms with Crippen LogP contribution in [0.25, 0.3) is 0 Å². The minimum atomic E-state index is -0.484. The van der Waals surface area contributed by atoms with Gasteiger partial charge in [0.25, 0.3) is 5.91 Å². The van der Waals surface area contributed by atoms with E-state index in [1.54, 1.807) is 18.2 Å². The van der Waals surface area contributed by atoms with Crippen molar-refractivity contribution in [3.63, 3.8) is 0 Å². The Labute approximate surface area is 133 Å². The van der Waals surface area contributed by atoms with Gasteiger partial charge in [-0.3, -0.25) is 4.79 Å². The predicted molar refractivity (Wildman–Crippen MR) is 85.2 cm³/mol. The number of anilines is 1. The van der Waals surface area contributed by atoms with Gasteiger partial charge in [-0.1, -0.05) is 6.07 Å². The number of aromatic nitrogens is 1. The number of benzene rings is 1. The molecule has 0 spiro atoms. The van der Waals surface area contributed by atoms with Crippen molar-refractivity contribution in [1.29, 1.82) is 0 Å². The molecule has 0 saturated carbocycles. The van der Waals surface area contributed by atoms with Crippen molar-refractivity contribution in [3.05, 3.63) is 53.1 Å². The Morgan fingerprint density at radius 2 is 2.30 bits per heavy atom. The summed E-state index contributed by atoms with van der Waals surface area (Å²) in [4.78, 5) is 16.4. The molecule has 5 nitrogen and oxygen atoms in total. The smallest absolute Gasteiger partial charge is 0.278 e. The van der Waals surface area contributed by atoms with E-state index < -0.39 is 5.91 Å². The molecule has 1 aromatic carbocycles. The summed E-state index contributed by atoms with van der Waals surface area (Å²) in [6.45, 7) is 3.63. The molecular formula is C17H18FN3O2. The number of hydrogen-bond donors (Lipinski definition) is 2. The van der Waals surface area contributed by atoms with Crippen LogP contribution in [0.15, 0.2) is 30.5 Å². The van der Waals surface area contributed by atoms with Crippen LogP contribution < -0.4 is 15.4 Å². The second-order valence-corrected chi connectivity index (χ2v) is 5.23. The highest BCUT2D eigenvalue weighted by atomic mass is 19.1. The third-order valence-corrected chi connectivity index (χ3v) is 3.74. The molecule has 3 rings (SSSR count). The van der Waals surface area contributed by atoms with Gasteiger partial charge in [-0.15, -0.1) is 0 Å². The van der Waals surface area contributed by atoms with E-state index in [4.69, 9.17) is 4.74 Å². The number of ether oxygens (including phenoxy) is 1. The van der Waals surface area contributed by atoms with E-state index >= 15 is 0 Å². The van der Waals surface area contributed by atoms with Gasteiger partial charge in [-0.2, -0.15) is 0 Å². The average Bonchev–Trinajstić information content (AvgIpc) is 2.58. The van der Waals surface area contributed by atoms with Crippen molar-refractivity contribution in [2.24, 2.45) is 0 Å². The molecule has 120 valence electrons. The highest BCUT2D eigenvalue weighted by molar-refractivity contribution is 6.04. The van der Waals surface area contributed by atoms with Gasteiger partial charge in [-0.05, 0) is 49.2 Å². The molecule has 2 N–H and O–H groups in total. The van der Waals surface area contributed by atoms with E-state index in [0.29, 0.717) is 30.9 Å². The number of halogens is 1. The second kappa shape index (κ2) is 6.75. The lowest BCUT2D eigenvalue weighted by molar-refractivity contribution is 0.101. The normalized spacial score (nSPS) is 13.3. The van der Waals surface area contributed by atoms with Crippen LogP contribution in [0.2, 0.25) is 0 Å². The molecule has 1 aliphatic rings. The number of nitrogens with zero attached hydrogens (tertiary/aromatic N) is 1. The van der Waals surface area contributed by atoms with E-state index in [1.165, 1.54) is 6.20 Å². The van der Waals surface area contributed by atoms with Gasteiger partial charge in [0.1, 0.15) is 5.82 Å². The molecule has 6 heteroatoms. The van der Waals surface area contributed by atoms with Crippen molar-refractivity contribution < 1.29 is 13.9 Å². The molecule has 0 aliphatic carbocycles. The second-order valence-electron chi connectivity index (χ2n) is 5.23. The molecule has 0 atom stereocenters. The Morgan fingerprint density at radius 3 is 3.13 bits per heavy atom.